The summed E-state index contributed by atoms with van der Waals surface area (Å²) in [4.78, 5) is 11.5. The maximum absolute atomic E-state index is 11.3. The fraction of sp³-hybridized carbons (Fsp3) is 0.364. The maximum atomic E-state index is 11.3. The van der Waals surface area contributed by atoms with Crippen LogP contribution in [0.2, 0.25) is 0 Å². The minimum Gasteiger partial charge on any atom is -0.545 e. The largest absolute Gasteiger partial charge is 0.545 e. The van der Waals surface area contributed by atoms with Crippen LogP contribution in [0.15, 0.2) is 29.2 Å². The third kappa shape index (κ3) is 3.01. The Kier molecular flexibility index (Phi) is 3.44. The van der Waals surface area contributed by atoms with Crippen molar-refractivity contribution < 1.29 is 18.3 Å². The lowest BCUT2D eigenvalue weighted by molar-refractivity contribution is -0.255. The van der Waals surface area contributed by atoms with E-state index >= 15 is 0 Å². The minimum absolute atomic E-state index is 0.0551. The van der Waals surface area contributed by atoms with Crippen molar-refractivity contribution in [2.75, 3.05) is 11.5 Å². The summed E-state index contributed by atoms with van der Waals surface area (Å²) in [6, 6.07) is 6.51. The van der Waals surface area contributed by atoms with Crippen molar-refractivity contribution in [3.05, 3.63) is 29.8 Å². The molecule has 0 N–H and O–H groups in total. The molecule has 1 atom stereocenters. The highest BCUT2D eigenvalue weighted by Gasteiger charge is 2.28. The molecule has 0 spiro atoms. The van der Waals surface area contributed by atoms with Crippen LogP contribution in [0, 0.1) is 0 Å². The first-order valence-electron chi connectivity index (χ1n) is 5.15. The van der Waals surface area contributed by atoms with Gasteiger partial charge in [0.1, 0.15) is 0 Å². The van der Waals surface area contributed by atoms with E-state index in [4.69, 9.17) is 0 Å². The molecule has 17 heavy (non-hydrogen) atoms. The lowest BCUT2D eigenvalue weighted by atomic mass is 10.2. The van der Waals surface area contributed by atoms with Gasteiger partial charge in [-0.2, -0.15) is 0 Å². The first kappa shape index (κ1) is 12.4. The van der Waals surface area contributed by atoms with Crippen molar-refractivity contribution in [2.45, 2.75) is 16.6 Å². The molecule has 92 valence electrons. The average Bonchev–Trinajstić information content (AvgIpc) is 2.58. The zero-order valence-corrected chi connectivity index (χ0v) is 10.6. The van der Waals surface area contributed by atoms with E-state index in [1.165, 1.54) is 17.8 Å². The molecular formula is C11H11O4S2-. The van der Waals surface area contributed by atoms with Crippen molar-refractivity contribution in [3.63, 3.8) is 0 Å². The van der Waals surface area contributed by atoms with Crippen molar-refractivity contribution >= 4 is 27.6 Å². The first-order chi connectivity index (χ1) is 7.98. The Bertz CT molecular complexity index is 536. The smallest absolute Gasteiger partial charge is 0.151 e. The number of sulfone groups is 1. The van der Waals surface area contributed by atoms with Gasteiger partial charge in [-0.1, -0.05) is 18.2 Å². The Morgan fingerprint density at radius 3 is 2.65 bits per heavy atom. The van der Waals surface area contributed by atoms with Crippen LogP contribution in [0.5, 0.6) is 0 Å². The second kappa shape index (κ2) is 4.70. The van der Waals surface area contributed by atoms with Crippen molar-refractivity contribution in [3.8, 4) is 0 Å². The van der Waals surface area contributed by atoms with Gasteiger partial charge in [0.2, 0.25) is 0 Å². The average molecular weight is 271 g/mol. The standard InChI is InChI=1S/C11H12O4S2/c12-11(13)9-3-1-2-4-10(9)16-8-5-6-17(14,15)7-8/h1-4,8H,5-7H2,(H,12,13)/p-1/t8-/m1/s1. The van der Waals surface area contributed by atoms with Gasteiger partial charge in [0, 0.05) is 15.7 Å². The summed E-state index contributed by atoms with van der Waals surface area (Å²) in [7, 11) is -2.93. The lowest BCUT2D eigenvalue weighted by Crippen LogP contribution is -2.23. The predicted octanol–water partition coefficient (Wildman–Crippen LogP) is 0.329. The highest BCUT2D eigenvalue weighted by molar-refractivity contribution is 8.01. The van der Waals surface area contributed by atoms with E-state index in [1.807, 2.05) is 0 Å². The van der Waals surface area contributed by atoms with Crippen LogP contribution >= 0.6 is 11.8 Å². The second-order valence-corrected chi connectivity index (χ2v) is 7.50. The van der Waals surface area contributed by atoms with Crippen LogP contribution in [0.4, 0.5) is 0 Å². The molecule has 1 aromatic carbocycles. The quantitative estimate of drug-likeness (QED) is 0.792. The molecule has 0 aliphatic carbocycles. The van der Waals surface area contributed by atoms with Crippen molar-refractivity contribution in [1.29, 1.82) is 0 Å². The molecule has 6 heteroatoms. The molecule has 0 aromatic heterocycles. The van der Waals surface area contributed by atoms with Gasteiger partial charge in [0.15, 0.2) is 9.84 Å². The second-order valence-electron chi connectivity index (χ2n) is 3.93. The van der Waals surface area contributed by atoms with E-state index in [0.717, 1.165) is 0 Å². The number of carbonyl (C=O) groups excluding carboxylic acids is 1. The molecular weight excluding hydrogens is 260 g/mol. The van der Waals surface area contributed by atoms with Gasteiger partial charge in [-0.3, -0.25) is 0 Å². The van der Waals surface area contributed by atoms with Gasteiger partial charge in [-0.25, -0.2) is 8.42 Å². The molecule has 4 nitrogen and oxygen atoms in total. The van der Waals surface area contributed by atoms with E-state index in [-0.39, 0.29) is 22.3 Å². The number of hydrogen-bond acceptors (Lipinski definition) is 5. The third-order valence-corrected chi connectivity index (χ3v) is 5.92. The van der Waals surface area contributed by atoms with Crippen molar-refractivity contribution in [2.24, 2.45) is 0 Å². The summed E-state index contributed by atoms with van der Waals surface area (Å²) in [6.45, 7) is 0. The molecule has 1 heterocycles. The molecule has 1 fully saturated rings. The number of rotatable bonds is 3. The molecule has 0 amide bonds. The Morgan fingerprint density at radius 2 is 2.06 bits per heavy atom. The molecule has 0 bridgehead atoms. The molecule has 1 aromatic rings. The first-order valence-corrected chi connectivity index (χ1v) is 7.85. The van der Waals surface area contributed by atoms with Gasteiger partial charge in [0.05, 0.1) is 17.5 Å². The van der Waals surface area contributed by atoms with E-state index < -0.39 is 15.8 Å². The summed E-state index contributed by atoms with van der Waals surface area (Å²) in [5.41, 5.74) is 0.127. The summed E-state index contributed by atoms with van der Waals surface area (Å²) in [6.07, 6.45) is 0.578. The van der Waals surface area contributed by atoms with Gasteiger partial charge in [-0.05, 0) is 12.5 Å². The molecule has 0 saturated carbocycles. The zero-order chi connectivity index (χ0) is 12.5. The summed E-state index contributed by atoms with van der Waals surface area (Å²) in [5, 5.41) is 10.8. The number of hydrogen-bond donors (Lipinski definition) is 0. The number of carbonyl (C=O) groups is 1. The fourth-order valence-electron chi connectivity index (χ4n) is 1.77. The minimum atomic E-state index is -2.93. The fourth-order valence-corrected chi connectivity index (χ4v) is 5.39. The molecule has 0 unspecified atom stereocenters. The predicted molar refractivity (Wildman–Crippen MR) is 63.7 cm³/mol. The van der Waals surface area contributed by atoms with Crippen LogP contribution in [0.25, 0.3) is 0 Å². The highest BCUT2D eigenvalue weighted by atomic mass is 32.2. The molecule has 1 aliphatic heterocycles. The number of carboxylic acid groups (broad SMARTS) is 1. The zero-order valence-electron chi connectivity index (χ0n) is 8.96. The normalized spacial score (nSPS) is 22.5. The van der Waals surface area contributed by atoms with Gasteiger partial charge < -0.3 is 9.90 Å². The van der Waals surface area contributed by atoms with Crippen LogP contribution in [-0.2, 0) is 9.84 Å². The Balaban J connectivity index is 2.17. The molecule has 0 radical (unpaired) electrons. The summed E-state index contributed by atoms with van der Waals surface area (Å²) < 4.78 is 22.6. The van der Waals surface area contributed by atoms with Gasteiger partial charge >= 0.3 is 0 Å². The highest BCUT2D eigenvalue weighted by Crippen LogP contribution is 2.32. The molecule has 1 saturated heterocycles. The number of thioether (sulfide) groups is 1. The van der Waals surface area contributed by atoms with E-state index in [2.05, 4.69) is 0 Å². The van der Waals surface area contributed by atoms with Crippen LogP contribution < -0.4 is 5.11 Å². The summed E-state index contributed by atoms with van der Waals surface area (Å²) in [5.74, 6) is -0.911. The van der Waals surface area contributed by atoms with Crippen LogP contribution in [-0.4, -0.2) is 31.1 Å². The van der Waals surface area contributed by atoms with Crippen LogP contribution in [0.1, 0.15) is 16.8 Å². The maximum Gasteiger partial charge on any atom is 0.151 e. The lowest BCUT2D eigenvalue weighted by Gasteiger charge is -2.12. The molecule has 2 rings (SSSR count). The Labute approximate surface area is 104 Å². The Morgan fingerprint density at radius 1 is 1.35 bits per heavy atom. The SMILES string of the molecule is O=C([O-])c1ccccc1S[C@@H]1CCS(=O)(=O)C1. The third-order valence-electron chi connectivity index (χ3n) is 2.59. The Hall–Kier alpha value is -1.01. The van der Waals surface area contributed by atoms with Crippen molar-refractivity contribution in [1.82, 2.24) is 0 Å². The number of carboxylic acids is 1. The van der Waals surface area contributed by atoms with E-state index in [0.29, 0.717) is 11.3 Å². The van der Waals surface area contributed by atoms with E-state index in [9.17, 15) is 18.3 Å². The number of aromatic carboxylic acids is 1. The van der Waals surface area contributed by atoms with Gasteiger partial charge in [0.25, 0.3) is 0 Å². The topological polar surface area (TPSA) is 74.3 Å². The monoisotopic (exact) mass is 271 g/mol. The number of benzene rings is 1. The van der Waals surface area contributed by atoms with Gasteiger partial charge in [-0.15, -0.1) is 11.8 Å². The summed E-state index contributed by atoms with van der Waals surface area (Å²) >= 11 is 1.31. The van der Waals surface area contributed by atoms with Crippen LogP contribution in [0.3, 0.4) is 0 Å². The van der Waals surface area contributed by atoms with E-state index in [1.54, 1.807) is 18.2 Å². The molecule has 1 aliphatic rings.